The Bertz CT molecular complexity index is 1150. The average Bonchev–Trinajstić information content (AvgIpc) is 3.35. The number of phenolic OH excluding ortho intramolecular Hbond substituents is 1. The Labute approximate surface area is 255 Å². The topological polar surface area (TPSA) is 55.8 Å². The molecular formula is C38H56O4. The second kappa shape index (κ2) is 12.8. The molecule has 4 nitrogen and oxygen atoms in total. The van der Waals surface area contributed by atoms with E-state index < -0.39 is 0 Å². The number of fused-ring (bicyclic) bond motifs is 5. The van der Waals surface area contributed by atoms with Crippen LogP contribution in [-0.2, 0) is 9.53 Å². The van der Waals surface area contributed by atoms with Gasteiger partial charge in [-0.2, -0.15) is 0 Å². The van der Waals surface area contributed by atoms with Gasteiger partial charge >= 0.3 is 5.97 Å². The van der Waals surface area contributed by atoms with Crippen molar-refractivity contribution >= 4 is 12.0 Å². The largest absolute Gasteiger partial charge is 0.504 e. The number of rotatable bonds is 10. The molecule has 4 fully saturated rings. The minimum Gasteiger partial charge on any atom is -0.504 e. The van der Waals surface area contributed by atoms with Gasteiger partial charge in [-0.3, -0.25) is 0 Å². The molecule has 0 aliphatic heterocycles. The number of phenols is 1. The number of aromatic hydroxyl groups is 1. The van der Waals surface area contributed by atoms with Gasteiger partial charge in [0.05, 0.1) is 13.7 Å². The molecule has 42 heavy (non-hydrogen) atoms. The lowest BCUT2D eigenvalue weighted by molar-refractivity contribution is -0.138. The molecule has 0 heterocycles. The van der Waals surface area contributed by atoms with E-state index >= 15 is 0 Å². The van der Waals surface area contributed by atoms with Crippen molar-refractivity contribution in [1.29, 1.82) is 0 Å². The van der Waals surface area contributed by atoms with Gasteiger partial charge in [-0.05, 0) is 134 Å². The van der Waals surface area contributed by atoms with E-state index in [-0.39, 0.29) is 17.6 Å². The number of hydrogen-bond donors (Lipinski definition) is 1. The average molecular weight is 577 g/mol. The van der Waals surface area contributed by atoms with E-state index in [9.17, 15) is 9.90 Å². The predicted octanol–water partition coefficient (Wildman–Crippen LogP) is 9.61. The van der Waals surface area contributed by atoms with E-state index in [1.807, 2.05) is 0 Å². The first-order valence-corrected chi connectivity index (χ1v) is 17.0. The maximum Gasteiger partial charge on any atom is 0.330 e. The van der Waals surface area contributed by atoms with Gasteiger partial charge in [0, 0.05) is 12.0 Å². The third-order valence-electron chi connectivity index (χ3n) is 13.1. The molecule has 0 spiro atoms. The lowest BCUT2D eigenvalue weighted by Gasteiger charge is -2.61. The van der Waals surface area contributed by atoms with Gasteiger partial charge < -0.3 is 14.6 Å². The van der Waals surface area contributed by atoms with Crippen LogP contribution in [0.25, 0.3) is 6.08 Å². The highest BCUT2D eigenvalue weighted by Crippen LogP contribution is 2.68. The minimum absolute atomic E-state index is 0.0732. The summed E-state index contributed by atoms with van der Waals surface area (Å²) < 4.78 is 10.7. The van der Waals surface area contributed by atoms with Gasteiger partial charge in [0.2, 0.25) is 0 Å². The van der Waals surface area contributed by atoms with Crippen molar-refractivity contribution in [3.05, 3.63) is 42.0 Å². The van der Waals surface area contributed by atoms with Gasteiger partial charge in [-0.1, -0.05) is 58.8 Å². The second-order valence-corrected chi connectivity index (χ2v) is 15.1. The number of hydrogen-bond acceptors (Lipinski definition) is 4. The van der Waals surface area contributed by atoms with E-state index in [4.69, 9.17) is 9.47 Å². The number of methoxy groups -OCH3 is 1. The molecule has 4 heteroatoms. The zero-order valence-electron chi connectivity index (χ0n) is 27.0. The Balaban J connectivity index is 1.09. The third-order valence-corrected chi connectivity index (χ3v) is 13.1. The van der Waals surface area contributed by atoms with Crippen LogP contribution in [0.1, 0.15) is 110 Å². The molecule has 4 aliphatic carbocycles. The lowest BCUT2D eigenvalue weighted by Crippen LogP contribution is -2.53. The van der Waals surface area contributed by atoms with Crippen LogP contribution < -0.4 is 4.74 Å². The molecule has 0 saturated heterocycles. The fraction of sp³-hybridized carbons (Fsp3) is 0.711. The quantitative estimate of drug-likeness (QED) is 0.171. The highest BCUT2D eigenvalue weighted by molar-refractivity contribution is 5.87. The van der Waals surface area contributed by atoms with Crippen LogP contribution in [0, 0.1) is 52.3 Å². The summed E-state index contributed by atoms with van der Waals surface area (Å²) in [6, 6.07) is 4.97. The summed E-state index contributed by atoms with van der Waals surface area (Å²) in [5.74, 6) is 5.62. The molecular weight excluding hydrogens is 520 g/mol. The lowest BCUT2D eigenvalue weighted by atomic mass is 9.44. The first-order chi connectivity index (χ1) is 20.1. The molecule has 4 aliphatic rings. The van der Waals surface area contributed by atoms with Gasteiger partial charge in [0.25, 0.3) is 0 Å². The molecule has 1 aromatic carbocycles. The minimum atomic E-state index is -0.369. The Morgan fingerprint density at radius 3 is 2.62 bits per heavy atom. The first kappa shape index (κ1) is 31.2. The Morgan fingerprint density at radius 2 is 1.83 bits per heavy atom. The van der Waals surface area contributed by atoms with Crippen molar-refractivity contribution in [2.75, 3.05) is 13.7 Å². The van der Waals surface area contributed by atoms with E-state index in [2.05, 4.69) is 34.3 Å². The van der Waals surface area contributed by atoms with Crippen LogP contribution in [0.5, 0.6) is 11.5 Å². The van der Waals surface area contributed by atoms with Gasteiger partial charge in [0.15, 0.2) is 11.5 Å². The smallest absolute Gasteiger partial charge is 0.330 e. The molecule has 9 atom stereocenters. The molecule has 0 radical (unpaired) electrons. The second-order valence-electron chi connectivity index (χ2n) is 15.1. The van der Waals surface area contributed by atoms with Crippen molar-refractivity contribution in [2.45, 2.75) is 105 Å². The van der Waals surface area contributed by atoms with Crippen LogP contribution in [0.15, 0.2) is 36.4 Å². The van der Waals surface area contributed by atoms with Crippen LogP contribution in [0.4, 0.5) is 0 Å². The number of carbonyl (C=O) groups is 1. The van der Waals surface area contributed by atoms with Crippen molar-refractivity contribution in [1.82, 2.24) is 0 Å². The summed E-state index contributed by atoms with van der Waals surface area (Å²) in [6.07, 6.45) is 20.0. The molecule has 1 N–H and O–H groups in total. The summed E-state index contributed by atoms with van der Waals surface area (Å²) in [4.78, 5) is 12.4. The predicted molar refractivity (Wildman–Crippen MR) is 171 cm³/mol. The molecule has 232 valence electrons. The van der Waals surface area contributed by atoms with E-state index in [1.54, 1.807) is 24.3 Å². The number of esters is 1. The highest BCUT2D eigenvalue weighted by atomic mass is 16.5. The first-order valence-electron chi connectivity index (χ1n) is 17.0. The monoisotopic (exact) mass is 576 g/mol. The van der Waals surface area contributed by atoms with Gasteiger partial charge in [-0.15, -0.1) is 0 Å². The molecule has 0 amide bonds. The molecule has 5 rings (SSSR count). The Hall–Kier alpha value is -2.23. The van der Waals surface area contributed by atoms with E-state index in [0.717, 1.165) is 41.6 Å². The van der Waals surface area contributed by atoms with E-state index in [1.165, 1.54) is 89.4 Å². The molecule has 1 aromatic rings. The molecule has 0 aromatic heterocycles. The van der Waals surface area contributed by atoms with Crippen LogP contribution in [0.2, 0.25) is 0 Å². The summed E-state index contributed by atoms with van der Waals surface area (Å²) in [7, 11) is 1.50. The summed E-state index contributed by atoms with van der Waals surface area (Å²) in [6.45, 7) is 14.7. The fourth-order valence-electron chi connectivity index (χ4n) is 10.5. The standard InChI is InChI=1S/C38H56O4/c1-25(27(3)24-42-36(40)19-13-28-12-18-34(39)35(23-28)41-6)10-11-26(2)31-16-17-32-30-15-14-29-9-7-8-21-37(29,4)33(30)20-22-38(31,32)5/h12-13,18-19,23,26-27,29-33,39H,1,7-11,14-17,20-22,24H2,2-6H3/b19-13+/t26-,27?,29?,30+,31-,32+,33+,37+,38-/m1/s1. The van der Waals surface area contributed by atoms with Crippen LogP contribution >= 0.6 is 0 Å². The summed E-state index contributed by atoms with van der Waals surface area (Å²) >= 11 is 0. The number of ether oxygens (including phenoxy) is 2. The van der Waals surface area contributed by atoms with Crippen LogP contribution in [0.3, 0.4) is 0 Å². The van der Waals surface area contributed by atoms with Crippen molar-refractivity contribution < 1.29 is 19.4 Å². The van der Waals surface area contributed by atoms with E-state index in [0.29, 0.717) is 29.1 Å². The van der Waals surface area contributed by atoms with Crippen molar-refractivity contribution in [2.24, 2.45) is 52.3 Å². The zero-order valence-corrected chi connectivity index (χ0v) is 27.0. The number of carbonyl (C=O) groups excluding carboxylic acids is 1. The third kappa shape index (κ3) is 6.06. The maximum atomic E-state index is 12.4. The van der Waals surface area contributed by atoms with Gasteiger partial charge in [-0.25, -0.2) is 4.79 Å². The van der Waals surface area contributed by atoms with Crippen molar-refractivity contribution in [3.63, 3.8) is 0 Å². The van der Waals surface area contributed by atoms with Crippen LogP contribution in [-0.4, -0.2) is 24.8 Å². The van der Waals surface area contributed by atoms with Gasteiger partial charge in [0.1, 0.15) is 0 Å². The summed E-state index contributed by atoms with van der Waals surface area (Å²) in [5, 5.41) is 9.75. The summed E-state index contributed by atoms with van der Waals surface area (Å²) in [5.41, 5.74) is 3.08. The molecule has 4 saturated carbocycles. The molecule has 2 unspecified atom stereocenters. The Morgan fingerprint density at radius 1 is 1.05 bits per heavy atom. The van der Waals surface area contributed by atoms with Crippen molar-refractivity contribution in [3.8, 4) is 11.5 Å². The fourth-order valence-corrected chi connectivity index (χ4v) is 10.5. The SMILES string of the molecule is C=C(CC[C@@H](C)[C@H]1CC[C@H]2[C@@H]3CCC4CCCC[C@]4(C)[C@H]3CC[C@]12C)C(C)COC(=O)/C=C/c1ccc(O)c(OC)c1. The number of benzene rings is 1. The highest BCUT2D eigenvalue weighted by Gasteiger charge is 2.60. The normalized spacial score (nSPS) is 35.5. The maximum absolute atomic E-state index is 12.4. The molecule has 0 bridgehead atoms. The zero-order chi connectivity index (χ0) is 30.1. The Kier molecular flexibility index (Phi) is 9.50.